The first-order valence-electron chi connectivity index (χ1n) is 18.7. The van der Waals surface area contributed by atoms with Crippen LogP contribution in [0.2, 0.25) is 0 Å². The quantitative estimate of drug-likeness (QED) is 0.129. The zero-order chi connectivity index (χ0) is 37.5. The van der Waals surface area contributed by atoms with Crippen LogP contribution >= 0.6 is 0 Å². The molecule has 3 aliphatic rings. The highest BCUT2D eigenvalue weighted by Gasteiger charge is 2.57. The summed E-state index contributed by atoms with van der Waals surface area (Å²) in [7, 11) is 0. The van der Waals surface area contributed by atoms with Crippen LogP contribution in [-0.2, 0) is 23.9 Å². The molecule has 6 rings (SSSR count). The van der Waals surface area contributed by atoms with E-state index in [0.29, 0.717) is 82.3 Å². The first-order chi connectivity index (χ1) is 24.7. The van der Waals surface area contributed by atoms with Crippen molar-refractivity contribution >= 4 is 5.78 Å². The van der Waals surface area contributed by atoms with Gasteiger partial charge in [0.2, 0.25) is 0 Å². The number of ketones is 1. The number of ether oxygens (including phenoxy) is 1. The van der Waals surface area contributed by atoms with Gasteiger partial charge in [0.15, 0.2) is 5.78 Å². The van der Waals surface area contributed by atoms with Crippen molar-refractivity contribution in [3.63, 3.8) is 0 Å². The molecule has 5 atom stereocenters. The molecule has 9 heteroatoms. The Morgan fingerprint density at radius 2 is 1.81 bits per heavy atom. The van der Waals surface area contributed by atoms with Gasteiger partial charge in [-0.1, -0.05) is 80.1 Å². The Balaban J connectivity index is 1.48. The fourth-order valence-corrected chi connectivity index (χ4v) is 8.35. The van der Waals surface area contributed by atoms with E-state index in [1.807, 2.05) is 42.5 Å². The molecule has 3 aromatic rings. The molecule has 0 heterocycles. The third-order valence-corrected chi connectivity index (χ3v) is 11.3. The summed E-state index contributed by atoms with van der Waals surface area (Å²) in [6, 6.07) is 19.8. The van der Waals surface area contributed by atoms with E-state index in [2.05, 4.69) is 31.7 Å². The number of aliphatic hydroxyl groups excluding tert-OH is 2. The summed E-state index contributed by atoms with van der Waals surface area (Å²) >= 11 is 0. The summed E-state index contributed by atoms with van der Waals surface area (Å²) < 4.78 is 47.0. The lowest BCUT2D eigenvalue weighted by Crippen LogP contribution is -2.54. The summed E-state index contributed by atoms with van der Waals surface area (Å²) in [5.41, 5.74) is 1.07. The van der Waals surface area contributed by atoms with Crippen molar-refractivity contribution in [1.82, 2.24) is 4.90 Å². The van der Waals surface area contributed by atoms with E-state index in [-0.39, 0.29) is 18.1 Å². The Morgan fingerprint density at radius 1 is 1.04 bits per heavy atom. The number of allylic oxidation sites excluding steroid dienone is 2. The number of aliphatic hydroxyl groups is 3. The number of nitrogens with zero attached hydrogens (tertiary/aromatic N) is 1. The Morgan fingerprint density at radius 3 is 2.54 bits per heavy atom. The lowest BCUT2D eigenvalue weighted by Gasteiger charge is -2.46. The van der Waals surface area contributed by atoms with E-state index in [0.717, 1.165) is 29.7 Å². The van der Waals surface area contributed by atoms with Gasteiger partial charge in [-0.15, -0.1) is 0 Å². The van der Waals surface area contributed by atoms with Crippen molar-refractivity contribution in [3.05, 3.63) is 118 Å². The third kappa shape index (κ3) is 9.60. The Bertz CT molecular complexity index is 1680. The number of halogens is 3. The second-order valence-corrected chi connectivity index (χ2v) is 15.2. The van der Waals surface area contributed by atoms with Crippen molar-refractivity contribution in [3.8, 4) is 0 Å². The molecule has 0 saturated heterocycles. The first kappa shape index (κ1) is 39.9. The maximum absolute atomic E-state index is 14.3. The van der Waals surface area contributed by atoms with Crippen LogP contribution in [0.5, 0.6) is 0 Å². The SMILES string of the molecule is CCCN(C[C@@H](O)COCc1ccccc1)C[C@]1(O)CC[C@H]2c3ccc(cc3C(=O)c3cccc(C(F)(F)F)c3)C[C@@H](O)CCC(C)=CCC[C@@]21C. The molecule has 3 aromatic carbocycles. The second-order valence-electron chi connectivity index (χ2n) is 15.2. The highest BCUT2D eigenvalue weighted by molar-refractivity contribution is 6.10. The van der Waals surface area contributed by atoms with Gasteiger partial charge in [0, 0.05) is 29.6 Å². The minimum Gasteiger partial charge on any atom is -0.393 e. The first-order valence-corrected chi connectivity index (χ1v) is 18.7. The third-order valence-electron chi connectivity index (χ3n) is 11.3. The molecule has 282 valence electrons. The maximum atomic E-state index is 14.3. The van der Waals surface area contributed by atoms with Crippen LogP contribution in [0.1, 0.15) is 110 Å². The van der Waals surface area contributed by atoms with Gasteiger partial charge in [-0.25, -0.2) is 0 Å². The fraction of sp³-hybridized carbons (Fsp3) is 0.512. The van der Waals surface area contributed by atoms with Crippen LogP contribution in [0.15, 0.2) is 84.4 Å². The van der Waals surface area contributed by atoms with E-state index in [1.165, 1.54) is 17.7 Å². The molecule has 0 aromatic heterocycles. The van der Waals surface area contributed by atoms with Crippen molar-refractivity contribution in [2.24, 2.45) is 5.41 Å². The van der Waals surface area contributed by atoms with Gasteiger partial charge in [-0.05, 0) is 106 Å². The molecule has 0 aliphatic heterocycles. The van der Waals surface area contributed by atoms with Crippen LogP contribution in [0.25, 0.3) is 0 Å². The normalized spacial score (nSPS) is 24.7. The van der Waals surface area contributed by atoms with Gasteiger partial charge in [-0.2, -0.15) is 13.2 Å². The predicted molar refractivity (Wildman–Crippen MR) is 197 cm³/mol. The average Bonchev–Trinajstić information content (AvgIpc) is 3.35. The number of hydrogen-bond donors (Lipinski definition) is 3. The van der Waals surface area contributed by atoms with Gasteiger partial charge < -0.3 is 20.1 Å². The van der Waals surface area contributed by atoms with Crippen LogP contribution in [0, 0.1) is 5.41 Å². The van der Waals surface area contributed by atoms with E-state index >= 15 is 0 Å². The number of carbonyl (C=O) groups is 1. The molecule has 52 heavy (non-hydrogen) atoms. The molecular formula is C43H54F3NO5. The van der Waals surface area contributed by atoms with E-state index in [9.17, 15) is 33.3 Å². The standard InChI is InChI=1S/C43H54F3NO5/c1-4-22-47(26-36(49)28-52-27-31-11-6-5-7-12-31)29-42(51)21-19-39-37-18-16-32(23-35(48)17-15-30(2)10-9-20-41(39,42)3)24-38(37)40(50)33-13-8-14-34(25-33)43(44,45)46/h5-8,10-14,16,18,24-25,35-36,39,48-49,51H,4,9,15,17,19-23,26-29H2,1-3H3/t35-,36+,39-,41-,42+/m0/s1. The van der Waals surface area contributed by atoms with Crippen LogP contribution in [0.3, 0.4) is 0 Å². The molecule has 6 nitrogen and oxygen atoms in total. The summed E-state index contributed by atoms with van der Waals surface area (Å²) in [5.74, 6) is -0.787. The number of benzene rings is 3. The molecule has 3 N–H and O–H groups in total. The smallest absolute Gasteiger partial charge is 0.393 e. The van der Waals surface area contributed by atoms with Crippen molar-refractivity contribution < 1.29 is 38.0 Å². The zero-order valence-corrected chi connectivity index (χ0v) is 30.7. The summed E-state index contributed by atoms with van der Waals surface area (Å²) in [6.45, 7) is 8.04. The Kier molecular flexibility index (Phi) is 13.2. The second kappa shape index (κ2) is 17.2. The van der Waals surface area contributed by atoms with Gasteiger partial charge >= 0.3 is 6.18 Å². The predicted octanol–water partition coefficient (Wildman–Crippen LogP) is 8.26. The van der Waals surface area contributed by atoms with E-state index < -0.39 is 40.7 Å². The molecule has 0 spiro atoms. The zero-order valence-electron chi connectivity index (χ0n) is 30.7. The highest BCUT2D eigenvalue weighted by atomic mass is 19.4. The number of rotatable bonds is 12. The number of fused-ring (bicyclic) bond motifs is 8. The molecule has 0 unspecified atom stereocenters. The highest BCUT2D eigenvalue weighted by Crippen LogP contribution is 2.59. The number of hydrogen-bond acceptors (Lipinski definition) is 6. The Labute approximate surface area is 306 Å². The lowest BCUT2D eigenvalue weighted by atomic mass is 9.64. The lowest BCUT2D eigenvalue weighted by molar-refractivity contribution is -0.137. The monoisotopic (exact) mass is 721 g/mol. The maximum Gasteiger partial charge on any atom is 0.416 e. The summed E-state index contributed by atoms with van der Waals surface area (Å²) in [5, 5.41) is 34.7. The van der Waals surface area contributed by atoms with Gasteiger partial charge in [0.1, 0.15) is 0 Å². The molecule has 2 bridgehead atoms. The van der Waals surface area contributed by atoms with Gasteiger partial charge in [0.05, 0.1) is 36.6 Å². The van der Waals surface area contributed by atoms with Crippen LogP contribution in [0.4, 0.5) is 13.2 Å². The molecule has 0 radical (unpaired) electrons. The minimum absolute atomic E-state index is 0.0546. The van der Waals surface area contributed by atoms with Gasteiger partial charge in [0.25, 0.3) is 0 Å². The van der Waals surface area contributed by atoms with Crippen molar-refractivity contribution in [2.45, 2.75) is 109 Å². The van der Waals surface area contributed by atoms with Crippen LogP contribution < -0.4 is 0 Å². The summed E-state index contributed by atoms with van der Waals surface area (Å²) in [4.78, 5) is 16.4. The largest absolute Gasteiger partial charge is 0.416 e. The molecule has 1 fully saturated rings. The Hall–Kier alpha value is -3.34. The molecule has 1 saturated carbocycles. The summed E-state index contributed by atoms with van der Waals surface area (Å²) in [6.07, 6.45) is 0.846. The molecular weight excluding hydrogens is 667 g/mol. The van der Waals surface area contributed by atoms with Crippen LogP contribution in [-0.4, -0.2) is 70.1 Å². The van der Waals surface area contributed by atoms with E-state index in [4.69, 9.17) is 4.74 Å². The van der Waals surface area contributed by atoms with Crippen molar-refractivity contribution in [1.29, 1.82) is 0 Å². The number of alkyl halides is 3. The minimum atomic E-state index is -4.60. The average molecular weight is 722 g/mol. The number of carbonyl (C=O) groups excluding carboxylic acids is 1. The van der Waals surface area contributed by atoms with Crippen molar-refractivity contribution in [2.75, 3.05) is 26.2 Å². The fourth-order valence-electron chi connectivity index (χ4n) is 8.35. The molecule has 3 aliphatic carbocycles. The topological polar surface area (TPSA) is 90.2 Å². The van der Waals surface area contributed by atoms with E-state index in [1.54, 1.807) is 6.07 Å². The van der Waals surface area contributed by atoms with Gasteiger partial charge in [-0.3, -0.25) is 9.69 Å². The molecule has 0 amide bonds.